The topological polar surface area (TPSA) is 104 Å². The largest absolute Gasteiger partial charge is 0.368 e. The number of amides is 2. The third kappa shape index (κ3) is 5.26. The van der Waals surface area contributed by atoms with Crippen LogP contribution in [-0.4, -0.2) is 52.0 Å². The van der Waals surface area contributed by atoms with Crippen molar-refractivity contribution in [3.63, 3.8) is 0 Å². The second-order valence-corrected chi connectivity index (χ2v) is 11.9. The molecule has 1 saturated heterocycles. The number of nitrogens with zero attached hydrogens (tertiary/aromatic N) is 4. The minimum Gasteiger partial charge on any atom is -0.368 e. The average Bonchev–Trinajstić information content (AvgIpc) is 3.11. The number of benzene rings is 4. The lowest BCUT2D eigenvalue weighted by molar-refractivity contribution is -0.384. The highest BCUT2D eigenvalue weighted by Crippen LogP contribution is 2.36. The SMILES string of the molecule is O=C(c1ccc2c(c1)N(Cc1ccc(Cl)cc1)C(=O)c1ccccc1S2=O)N1CCN(c2ccc([N+](=O)[O-])cc2)CC1. The summed E-state index contributed by atoms with van der Waals surface area (Å²) in [5.74, 6) is -0.485. The van der Waals surface area contributed by atoms with Crippen molar-refractivity contribution in [2.75, 3.05) is 36.0 Å². The Morgan fingerprint density at radius 2 is 1.57 bits per heavy atom. The molecule has 0 N–H and O–H groups in total. The quantitative estimate of drug-likeness (QED) is 0.220. The molecule has 0 aromatic heterocycles. The van der Waals surface area contributed by atoms with Crippen LogP contribution in [0.4, 0.5) is 17.1 Å². The van der Waals surface area contributed by atoms with Crippen LogP contribution in [0.5, 0.6) is 0 Å². The van der Waals surface area contributed by atoms with Gasteiger partial charge in [0, 0.05) is 54.6 Å². The smallest absolute Gasteiger partial charge is 0.269 e. The fourth-order valence-electron chi connectivity index (χ4n) is 5.26. The molecule has 42 heavy (non-hydrogen) atoms. The lowest BCUT2D eigenvalue weighted by atomic mass is 10.1. The van der Waals surface area contributed by atoms with E-state index in [0.717, 1.165) is 11.3 Å². The molecule has 0 radical (unpaired) electrons. The van der Waals surface area contributed by atoms with E-state index in [2.05, 4.69) is 4.90 Å². The van der Waals surface area contributed by atoms with Crippen LogP contribution in [0, 0.1) is 10.1 Å². The summed E-state index contributed by atoms with van der Waals surface area (Å²) >= 11 is 6.08. The van der Waals surface area contributed by atoms with Gasteiger partial charge in [-0.05, 0) is 60.2 Å². The Labute approximate surface area is 249 Å². The van der Waals surface area contributed by atoms with Crippen LogP contribution in [-0.2, 0) is 17.3 Å². The fraction of sp³-hybridized carbons (Fsp3) is 0.161. The van der Waals surface area contributed by atoms with Gasteiger partial charge >= 0.3 is 0 Å². The van der Waals surface area contributed by atoms with Crippen molar-refractivity contribution in [2.45, 2.75) is 16.3 Å². The molecule has 0 bridgehead atoms. The Balaban J connectivity index is 1.28. The van der Waals surface area contributed by atoms with Crippen molar-refractivity contribution in [2.24, 2.45) is 0 Å². The lowest BCUT2D eigenvalue weighted by Gasteiger charge is -2.36. The molecule has 212 valence electrons. The summed E-state index contributed by atoms with van der Waals surface area (Å²) in [6, 6.07) is 25.4. The second-order valence-electron chi connectivity index (χ2n) is 10.0. The number of hydrogen-bond donors (Lipinski definition) is 0. The van der Waals surface area contributed by atoms with Crippen LogP contribution in [0.25, 0.3) is 0 Å². The molecule has 2 aliphatic heterocycles. The number of carbonyl (C=O) groups excluding carboxylic acids is 2. The molecule has 9 nitrogen and oxygen atoms in total. The second kappa shape index (κ2) is 11.4. The molecule has 1 unspecified atom stereocenters. The summed E-state index contributed by atoms with van der Waals surface area (Å²) in [6.07, 6.45) is 0. The van der Waals surface area contributed by atoms with Gasteiger partial charge in [0.2, 0.25) is 0 Å². The number of carbonyl (C=O) groups is 2. The molecule has 4 aromatic rings. The first kappa shape index (κ1) is 27.6. The molecule has 0 spiro atoms. The van der Waals surface area contributed by atoms with E-state index in [1.165, 1.54) is 12.1 Å². The van der Waals surface area contributed by atoms with E-state index < -0.39 is 15.7 Å². The minimum absolute atomic E-state index is 0.0309. The van der Waals surface area contributed by atoms with Gasteiger partial charge in [-0.15, -0.1) is 0 Å². The number of fused-ring (bicyclic) bond motifs is 2. The van der Waals surface area contributed by atoms with Gasteiger partial charge in [-0.3, -0.25) is 19.7 Å². The zero-order valence-corrected chi connectivity index (χ0v) is 23.9. The third-order valence-corrected chi connectivity index (χ3v) is 9.26. The summed E-state index contributed by atoms with van der Waals surface area (Å²) in [4.78, 5) is 44.3. The Bertz CT molecular complexity index is 1720. The molecular formula is C31H25ClN4O5S. The molecule has 2 aliphatic rings. The molecule has 6 rings (SSSR count). The Morgan fingerprint density at radius 1 is 0.881 bits per heavy atom. The summed E-state index contributed by atoms with van der Waals surface area (Å²) in [7, 11) is -1.62. The van der Waals surface area contributed by atoms with E-state index in [1.807, 2.05) is 12.1 Å². The van der Waals surface area contributed by atoms with Crippen molar-refractivity contribution in [3.05, 3.63) is 123 Å². The third-order valence-electron chi connectivity index (χ3n) is 7.51. The summed E-state index contributed by atoms with van der Waals surface area (Å²) in [5, 5.41) is 11.5. The van der Waals surface area contributed by atoms with Crippen LogP contribution >= 0.6 is 11.6 Å². The number of rotatable bonds is 5. The van der Waals surface area contributed by atoms with Crippen molar-refractivity contribution < 1.29 is 18.7 Å². The normalized spacial score (nSPS) is 16.5. The Hall–Kier alpha value is -4.54. The predicted octanol–water partition coefficient (Wildman–Crippen LogP) is 5.54. The number of nitro benzene ring substituents is 1. The van der Waals surface area contributed by atoms with E-state index >= 15 is 0 Å². The zero-order valence-electron chi connectivity index (χ0n) is 22.3. The van der Waals surface area contributed by atoms with E-state index in [9.17, 15) is 23.9 Å². The maximum Gasteiger partial charge on any atom is 0.269 e. The van der Waals surface area contributed by atoms with Crippen LogP contribution in [0.1, 0.15) is 26.3 Å². The molecule has 2 heterocycles. The number of piperazine rings is 1. The number of nitro groups is 1. The molecule has 1 atom stereocenters. The summed E-state index contributed by atoms with van der Waals surface area (Å²) in [5.41, 5.74) is 2.91. The molecule has 2 amide bonds. The fourth-order valence-corrected chi connectivity index (χ4v) is 6.73. The van der Waals surface area contributed by atoms with E-state index in [-0.39, 0.29) is 24.0 Å². The lowest BCUT2D eigenvalue weighted by Crippen LogP contribution is -2.48. The van der Waals surface area contributed by atoms with Gasteiger partial charge in [-0.25, -0.2) is 4.21 Å². The number of hydrogen-bond acceptors (Lipinski definition) is 6. The first-order valence-corrected chi connectivity index (χ1v) is 14.8. The first-order chi connectivity index (χ1) is 20.3. The van der Waals surface area contributed by atoms with Gasteiger partial charge in [0.05, 0.1) is 43.3 Å². The van der Waals surface area contributed by atoms with E-state index in [4.69, 9.17) is 11.6 Å². The maximum absolute atomic E-state index is 13.9. The number of non-ortho nitro benzene ring substituents is 1. The molecule has 4 aromatic carbocycles. The van der Waals surface area contributed by atoms with Gasteiger partial charge in [0.25, 0.3) is 17.5 Å². The molecule has 1 fully saturated rings. The highest BCUT2D eigenvalue weighted by atomic mass is 35.5. The maximum atomic E-state index is 13.9. The summed E-state index contributed by atoms with van der Waals surface area (Å²) < 4.78 is 13.7. The van der Waals surface area contributed by atoms with Crippen molar-refractivity contribution in [3.8, 4) is 0 Å². The first-order valence-electron chi connectivity index (χ1n) is 13.3. The van der Waals surface area contributed by atoms with Crippen LogP contribution in [0.15, 0.2) is 101 Å². The van der Waals surface area contributed by atoms with Crippen LogP contribution in [0.2, 0.25) is 5.02 Å². The molecule has 0 aliphatic carbocycles. The van der Waals surface area contributed by atoms with Crippen molar-refractivity contribution >= 4 is 51.3 Å². The van der Waals surface area contributed by atoms with Crippen LogP contribution in [0.3, 0.4) is 0 Å². The Kier molecular flexibility index (Phi) is 7.49. The number of halogens is 1. The average molecular weight is 601 g/mol. The van der Waals surface area contributed by atoms with Crippen LogP contribution < -0.4 is 9.80 Å². The van der Waals surface area contributed by atoms with Gasteiger partial charge < -0.3 is 14.7 Å². The van der Waals surface area contributed by atoms with Gasteiger partial charge in [-0.2, -0.15) is 0 Å². The number of anilines is 2. The molecule has 0 saturated carbocycles. The van der Waals surface area contributed by atoms with Crippen molar-refractivity contribution in [1.82, 2.24) is 4.90 Å². The molecule has 11 heteroatoms. The van der Waals surface area contributed by atoms with Crippen molar-refractivity contribution in [1.29, 1.82) is 0 Å². The Morgan fingerprint density at radius 3 is 2.26 bits per heavy atom. The standard InChI is InChI=1S/C31H25ClN4O5S/c32-23-8-5-21(6-9-23)20-35-27-19-22(7-14-29(27)42(41)28-4-2-1-3-26(28)31(35)38)30(37)34-17-15-33(16-18-34)24-10-12-25(13-11-24)36(39)40/h1-14,19H,15-18,20H2. The summed E-state index contributed by atoms with van der Waals surface area (Å²) in [6.45, 7) is 2.25. The monoisotopic (exact) mass is 600 g/mol. The van der Waals surface area contributed by atoms with Gasteiger partial charge in [0.1, 0.15) is 0 Å². The van der Waals surface area contributed by atoms with Gasteiger partial charge in [0.15, 0.2) is 0 Å². The zero-order chi connectivity index (χ0) is 29.4. The predicted molar refractivity (Wildman–Crippen MR) is 161 cm³/mol. The van der Waals surface area contributed by atoms with E-state index in [0.29, 0.717) is 57.8 Å². The highest BCUT2D eigenvalue weighted by molar-refractivity contribution is 7.85. The minimum atomic E-state index is -1.62. The van der Waals surface area contributed by atoms with E-state index in [1.54, 1.807) is 76.5 Å². The van der Waals surface area contributed by atoms with Gasteiger partial charge in [-0.1, -0.05) is 35.9 Å². The highest BCUT2D eigenvalue weighted by Gasteiger charge is 2.32. The molecular weight excluding hydrogens is 576 g/mol.